The summed E-state index contributed by atoms with van der Waals surface area (Å²) >= 11 is 1.56. The average Bonchev–Trinajstić information content (AvgIpc) is 3.35. The Bertz CT molecular complexity index is 852. The molecule has 0 unspecified atom stereocenters. The number of hydrogen-bond acceptors (Lipinski definition) is 8. The Morgan fingerprint density at radius 3 is 2.72 bits per heavy atom. The fraction of sp³-hybridized carbons (Fsp3) is 0.400. The summed E-state index contributed by atoms with van der Waals surface area (Å²) in [7, 11) is 0. The van der Waals surface area contributed by atoms with E-state index in [1.165, 1.54) is 10.7 Å². The highest BCUT2D eigenvalue weighted by molar-refractivity contribution is 7.13. The predicted octanol–water partition coefficient (Wildman–Crippen LogP) is 0.103. The maximum atomic E-state index is 12.1. The van der Waals surface area contributed by atoms with Crippen LogP contribution in [-0.2, 0) is 6.54 Å². The minimum Gasteiger partial charge on any atom is -0.344 e. The number of aromatic nitrogens is 6. The minimum absolute atomic E-state index is 0.0941. The molecule has 0 N–H and O–H groups in total. The smallest absolute Gasteiger partial charge is 0.266 e. The SMILES string of the molecule is O=c1ccc(-n2cccn2)nn1CCN1CCN(c2nncs2)CC1. The van der Waals surface area contributed by atoms with Crippen LogP contribution in [0.4, 0.5) is 5.13 Å². The molecule has 4 heterocycles. The lowest BCUT2D eigenvalue weighted by Crippen LogP contribution is -2.47. The van der Waals surface area contributed by atoms with Gasteiger partial charge in [0.2, 0.25) is 5.13 Å². The van der Waals surface area contributed by atoms with Crippen molar-refractivity contribution in [3.8, 4) is 5.82 Å². The van der Waals surface area contributed by atoms with Crippen LogP contribution in [0.1, 0.15) is 0 Å². The van der Waals surface area contributed by atoms with Gasteiger partial charge in [-0.25, -0.2) is 9.36 Å². The topological polar surface area (TPSA) is 85.0 Å². The third-order valence-electron chi connectivity index (χ3n) is 4.21. The van der Waals surface area contributed by atoms with Gasteiger partial charge in [-0.15, -0.1) is 15.3 Å². The molecule has 1 aliphatic rings. The number of anilines is 1. The van der Waals surface area contributed by atoms with Crippen molar-refractivity contribution in [1.29, 1.82) is 0 Å². The molecule has 0 amide bonds. The van der Waals surface area contributed by atoms with Gasteiger partial charge in [0.15, 0.2) is 5.82 Å². The summed E-state index contributed by atoms with van der Waals surface area (Å²) in [5, 5.41) is 17.5. The van der Waals surface area contributed by atoms with Crippen LogP contribution < -0.4 is 10.5 Å². The molecule has 0 radical (unpaired) electrons. The van der Waals surface area contributed by atoms with Crippen LogP contribution in [-0.4, -0.2) is 67.4 Å². The van der Waals surface area contributed by atoms with E-state index in [4.69, 9.17) is 0 Å². The summed E-state index contributed by atoms with van der Waals surface area (Å²) in [6.07, 6.45) is 3.50. The molecule has 0 saturated carbocycles. The molecule has 0 atom stereocenters. The van der Waals surface area contributed by atoms with Crippen molar-refractivity contribution in [2.75, 3.05) is 37.6 Å². The Balaban J connectivity index is 1.36. The third-order valence-corrected chi connectivity index (χ3v) is 4.96. The van der Waals surface area contributed by atoms with Crippen LogP contribution in [0.5, 0.6) is 0 Å². The minimum atomic E-state index is -0.0941. The summed E-state index contributed by atoms with van der Waals surface area (Å²) in [5.41, 5.74) is 1.66. The first-order valence-electron chi connectivity index (χ1n) is 8.11. The molecule has 3 aromatic heterocycles. The van der Waals surface area contributed by atoms with Gasteiger partial charge in [-0.2, -0.15) is 5.10 Å². The second-order valence-corrected chi connectivity index (χ2v) is 6.57. The molecule has 1 fully saturated rings. The molecule has 0 bridgehead atoms. The molecule has 3 aromatic rings. The molecule has 10 heteroatoms. The third kappa shape index (κ3) is 3.59. The molecular formula is C15H18N8OS. The predicted molar refractivity (Wildman–Crippen MR) is 94.2 cm³/mol. The van der Waals surface area contributed by atoms with Gasteiger partial charge in [-0.05, 0) is 12.1 Å². The lowest BCUT2D eigenvalue weighted by atomic mass is 10.3. The van der Waals surface area contributed by atoms with E-state index in [-0.39, 0.29) is 5.56 Å². The molecule has 1 aliphatic heterocycles. The lowest BCUT2D eigenvalue weighted by Gasteiger charge is -2.34. The highest BCUT2D eigenvalue weighted by Gasteiger charge is 2.19. The molecule has 0 aromatic carbocycles. The fourth-order valence-electron chi connectivity index (χ4n) is 2.83. The number of rotatable bonds is 5. The highest BCUT2D eigenvalue weighted by Crippen LogP contribution is 2.17. The van der Waals surface area contributed by atoms with Crippen molar-refractivity contribution >= 4 is 16.5 Å². The molecule has 1 saturated heterocycles. The van der Waals surface area contributed by atoms with Crippen molar-refractivity contribution in [2.24, 2.45) is 0 Å². The van der Waals surface area contributed by atoms with Gasteiger partial charge in [-0.3, -0.25) is 9.69 Å². The largest absolute Gasteiger partial charge is 0.344 e. The summed E-state index contributed by atoms with van der Waals surface area (Å²) in [4.78, 5) is 16.6. The van der Waals surface area contributed by atoms with E-state index in [0.717, 1.165) is 37.9 Å². The van der Waals surface area contributed by atoms with Crippen LogP contribution in [0, 0.1) is 0 Å². The van der Waals surface area contributed by atoms with Crippen LogP contribution in [0.25, 0.3) is 5.82 Å². The van der Waals surface area contributed by atoms with E-state index < -0.39 is 0 Å². The standard InChI is InChI=1S/C15H18N8OS/c24-14-3-2-13(22-5-1-4-17-22)19-23(14)11-8-20-6-9-21(10-7-20)15-18-16-12-25-15/h1-5,12H,6-11H2. The van der Waals surface area contributed by atoms with Crippen LogP contribution in [0.3, 0.4) is 0 Å². The normalized spacial score (nSPS) is 15.6. The van der Waals surface area contributed by atoms with Gasteiger partial charge >= 0.3 is 0 Å². The van der Waals surface area contributed by atoms with E-state index in [9.17, 15) is 4.79 Å². The van der Waals surface area contributed by atoms with Crippen molar-refractivity contribution in [3.05, 3.63) is 46.5 Å². The first-order valence-corrected chi connectivity index (χ1v) is 8.99. The molecule has 130 valence electrons. The van der Waals surface area contributed by atoms with Crippen LogP contribution in [0.2, 0.25) is 0 Å². The van der Waals surface area contributed by atoms with Crippen molar-refractivity contribution < 1.29 is 0 Å². The fourth-order valence-corrected chi connectivity index (χ4v) is 3.44. The number of nitrogens with zero attached hydrogens (tertiary/aromatic N) is 8. The Kier molecular flexibility index (Phi) is 4.53. The number of piperazine rings is 1. The Labute approximate surface area is 148 Å². The van der Waals surface area contributed by atoms with Crippen molar-refractivity contribution in [3.63, 3.8) is 0 Å². The van der Waals surface area contributed by atoms with E-state index in [0.29, 0.717) is 12.4 Å². The summed E-state index contributed by atoms with van der Waals surface area (Å²) in [6, 6.07) is 5.05. The Morgan fingerprint density at radius 1 is 1.12 bits per heavy atom. The van der Waals surface area contributed by atoms with E-state index in [2.05, 4.69) is 30.2 Å². The zero-order valence-electron chi connectivity index (χ0n) is 13.6. The zero-order chi connectivity index (χ0) is 17.1. The highest BCUT2D eigenvalue weighted by atomic mass is 32.1. The molecular weight excluding hydrogens is 340 g/mol. The van der Waals surface area contributed by atoms with E-state index in [1.807, 2.05) is 12.3 Å². The average molecular weight is 358 g/mol. The van der Waals surface area contributed by atoms with Gasteiger partial charge in [-0.1, -0.05) is 11.3 Å². The van der Waals surface area contributed by atoms with Crippen LogP contribution in [0.15, 0.2) is 40.9 Å². The number of hydrogen-bond donors (Lipinski definition) is 0. The van der Waals surface area contributed by atoms with Crippen molar-refractivity contribution in [1.82, 2.24) is 34.7 Å². The van der Waals surface area contributed by atoms with Gasteiger partial charge in [0, 0.05) is 51.2 Å². The Morgan fingerprint density at radius 2 is 2.00 bits per heavy atom. The van der Waals surface area contributed by atoms with Gasteiger partial charge in [0.25, 0.3) is 5.56 Å². The Hall–Kier alpha value is -2.59. The zero-order valence-corrected chi connectivity index (χ0v) is 14.4. The van der Waals surface area contributed by atoms with Gasteiger partial charge < -0.3 is 4.90 Å². The van der Waals surface area contributed by atoms with E-state index >= 15 is 0 Å². The maximum Gasteiger partial charge on any atom is 0.266 e. The quantitative estimate of drug-likeness (QED) is 0.640. The summed E-state index contributed by atoms with van der Waals surface area (Å²) < 4.78 is 3.16. The monoisotopic (exact) mass is 358 g/mol. The summed E-state index contributed by atoms with van der Waals surface area (Å²) in [5.74, 6) is 0.644. The first-order chi connectivity index (χ1) is 12.3. The lowest BCUT2D eigenvalue weighted by molar-refractivity contribution is 0.242. The second kappa shape index (κ2) is 7.11. The molecule has 4 rings (SSSR count). The van der Waals surface area contributed by atoms with Gasteiger partial charge in [0.05, 0.1) is 6.54 Å². The molecule has 9 nitrogen and oxygen atoms in total. The molecule has 0 spiro atoms. The van der Waals surface area contributed by atoms with Gasteiger partial charge in [0.1, 0.15) is 5.51 Å². The van der Waals surface area contributed by atoms with Crippen molar-refractivity contribution in [2.45, 2.75) is 6.54 Å². The van der Waals surface area contributed by atoms with E-state index in [1.54, 1.807) is 33.8 Å². The second-order valence-electron chi connectivity index (χ2n) is 5.75. The maximum absolute atomic E-state index is 12.1. The first kappa shape index (κ1) is 15.9. The van der Waals surface area contributed by atoms with Crippen LogP contribution >= 0.6 is 11.3 Å². The summed E-state index contributed by atoms with van der Waals surface area (Å²) in [6.45, 7) is 5.07. The molecule has 0 aliphatic carbocycles. The molecule has 25 heavy (non-hydrogen) atoms.